The minimum Gasteiger partial charge on any atom is -0.478 e. The van der Waals surface area contributed by atoms with Gasteiger partial charge in [-0.25, -0.2) is 9.78 Å². The van der Waals surface area contributed by atoms with Crippen LogP contribution in [0.2, 0.25) is 0 Å². The smallest absolute Gasteiger partial charge is 0.335 e. The van der Waals surface area contributed by atoms with Crippen LogP contribution in [0.1, 0.15) is 15.2 Å². The van der Waals surface area contributed by atoms with E-state index in [1.807, 2.05) is 13.0 Å². The van der Waals surface area contributed by atoms with Gasteiger partial charge in [0.15, 0.2) is 0 Å². The third-order valence-corrected chi connectivity index (χ3v) is 3.88. The Balaban J connectivity index is 2.14. The number of fused-ring (bicyclic) bond motifs is 1. The molecule has 0 saturated carbocycles. The Bertz CT molecular complexity index is 862. The molecule has 2 N–H and O–H groups in total. The topological polar surface area (TPSA) is 83.0 Å². The molecule has 20 heavy (non-hydrogen) atoms. The number of H-pyrrole nitrogens is 1. The van der Waals surface area contributed by atoms with Crippen molar-refractivity contribution < 1.29 is 9.90 Å². The van der Waals surface area contributed by atoms with Crippen LogP contribution in [-0.4, -0.2) is 21.0 Å². The number of aromatic amines is 1. The lowest BCUT2D eigenvalue weighted by Gasteiger charge is -2.01. The van der Waals surface area contributed by atoms with Gasteiger partial charge in [-0.3, -0.25) is 4.79 Å². The minimum atomic E-state index is -0.984. The molecular formula is C14H10N2O3S. The second-order valence-electron chi connectivity index (χ2n) is 4.37. The molecule has 0 unspecified atom stereocenters. The Hall–Kier alpha value is -2.47. The fraction of sp³-hybridized carbons (Fsp3) is 0.0714. The van der Waals surface area contributed by atoms with Crippen LogP contribution < -0.4 is 5.56 Å². The first-order valence-corrected chi connectivity index (χ1v) is 6.70. The number of carbonyl (C=O) groups is 1. The predicted molar refractivity (Wildman–Crippen MR) is 77.4 cm³/mol. The minimum absolute atomic E-state index is 0.184. The lowest BCUT2D eigenvalue weighted by Crippen LogP contribution is -2.08. The zero-order chi connectivity index (χ0) is 14.3. The number of aryl methyl sites for hydroxylation is 1. The highest BCUT2D eigenvalue weighted by molar-refractivity contribution is 7.18. The average Bonchev–Trinajstić information content (AvgIpc) is 2.80. The van der Waals surface area contributed by atoms with E-state index < -0.39 is 5.97 Å². The molecule has 0 bridgehead atoms. The number of carboxylic acids is 1. The quantitative estimate of drug-likeness (QED) is 0.758. The zero-order valence-electron chi connectivity index (χ0n) is 10.5. The van der Waals surface area contributed by atoms with Crippen molar-refractivity contribution in [1.29, 1.82) is 0 Å². The van der Waals surface area contributed by atoms with Crippen molar-refractivity contribution in [3.8, 4) is 11.4 Å². The van der Waals surface area contributed by atoms with Crippen LogP contribution in [0.4, 0.5) is 0 Å². The number of thiophene rings is 1. The van der Waals surface area contributed by atoms with Crippen LogP contribution in [0, 0.1) is 6.92 Å². The number of benzene rings is 1. The van der Waals surface area contributed by atoms with Gasteiger partial charge in [0, 0.05) is 10.4 Å². The van der Waals surface area contributed by atoms with E-state index in [4.69, 9.17) is 5.11 Å². The van der Waals surface area contributed by atoms with Gasteiger partial charge in [-0.1, -0.05) is 12.1 Å². The Morgan fingerprint density at radius 2 is 2.00 bits per heavy atom. The Kier molecular flexibility index (Phi) is 2.87. The Morgan fingerprint density at radius 3 is 2.65 bits per heavy atom. The van der Waals surface area contributed by atoms with Crippen LogP contribution in [-0.2, 0) is 0 Å². The van der Waals surface area contributed by atoms with Crippen LogP contribution >= 0.6 is 11.3 Å². The summed E-state index contributed by atoms with van der Waals surface area (Å²) in [5.74, 6) is -0.538. The third kappa shape index (κ3) is 2.10. The summed E-state index contributed by atoms with van der Waals surface area (Å²) >= 11 is 1.46. The lowest BCUT2D eigenvalue weighted by molar-refractivity contribution is 0.0697. The fourth-order valence-corrected chi connectivity index (χ4v) is 2.84. The summed E-state index contributed by atoms with van der Waals surface area (Å²) in [6.07, 6.45) is 0. The van der Waals surface area contributed by atoms with Gasteiger partial charge in [-0.2, -0.15) is 0 Å². The predicted octanol–water partition coefficient (Wildman–Crippen LogP) is 2.66. The van der Waals surface area contributed by atoms with E-state index in [1.54, 1.807) is 12.1 Å². The summed E-state index contributed by atoms with van der Waals surface area (Å²) in [5.41, 5.74) is 0.695. The monoisotopic (exact) mass is 286 g/mol. The van der Waals surface area contributed by atoms with E-state index in [0.717, 1.165) is 4.88 Å². The maximum Gasteiger partial charge on any atom is 0.335 e. The number of carboxylic acid groups (broad SMARTS) is 1. The molecule has 2 heterocycles. The Morgan fingerprint density at radius 1 is 1.30 bits per heavy atom. The maximum absolute atomic E-state index is 12.0. The first-order chi connectivity index (χ1) is 9.54. The number of hydrogen-bond donors (Lipinski definition) is 2. The number of hydrogen-bond acceptors (Lipinski definition) is 4. The molecule has 0 radical (unpaired) electrons. The highest BCUT2D eigenvalue weighted by Gasteiger charge is 2.09. The van der Waals surface area contributed by atoms with E-state index in [9.17, 15) is 9.59 Å². The van der Waals surface area contributed by atoms with Crippen LogP contribution in [0.5, 0.6) is 0 Å². The third-order valence-electron chi connectivity index (χ3n) is 2.93. The van der Waals surface area contributed by atoms with Gasteiger partial charge in [0.1, 0.15) is 10.7 Å². The van der Waals surface area contributed by atoms with Crippen molar-refractivity contribution in [2.45, 2.75) is 6.92 Å². The standard InChI is InChI=1S/C14H10N2O3S/c1-7-6-10-12(17)15-11(16-13(10)20-7)8-2-4-9(5-3-8)14(18)19/h2-6H,1H3,(H,18,19)(H,15,16,17). The molecule has 0 spiro atoms. The van der Waals surface area contributed by atoms with Gasteiger partial charge >= 0.3 is 5.97 Å². The molecule has 0 aliphatic heterocycles. The summed E-state index contributed by atoms with van der Waals surface area (Å²) in [5, 5.41) is 9.44. The van der Waals surface area contributed by atoms with Gasteiger partial charge in [0.05, 0.1) is 10.9 Å². The van der Waals surface area contributed by atoms with Gasteiger partial charge in [-0.05, 0) is 25.1 Å². The largest absolute Gasteiger partial charge is 0.478 e. The summed E-state index contributed by atoms with van der Waals surface area (Å²) in [7, 11) is 0. The number of rotatable bonds is 2. The van der Waals surface area contributed by atoms with Crippen molar-refractivity contribution in [3.05, 3.63) is 51.1 Å². The Labute approximate surface area is 117 Å². The molecular weight excluding hydrogens is 276 g/mol. The number of nitrogens with one attached hydrogen (secondary N) is 1. The molecule has 6 heteroatoms. The van der Waals surface area contributed by atoms with Crippen LogP contribution in [0.25, 0.3) is 21.6 Å². The summed E-state index contributed by atoms with van der Waals surface area (Å²) in [4.78, 5) is 31.6. The van der Waals surface area contributed by atoms with E-state index >= 15 is 0 Å². The van der Waals surface area contributed by atoms with Crippen molar-refractivity contribution in [1.82, 2.24) is 9.97 Å². The molecule has 0 fully saturated rings. The van der Waals surface area contributed by atoms with Crippen LogP contribution in [0.15, 0.2) is 35.1 Å². The van der Waals surface area contributed by atoms with Crippen molar-refractivity contribution >= 4 is 27.5 Å². The zero-order valence-corrected chi connectivity index (χ0v) is 11.3. The van der Waals surface area contributed by atoms with E-state index in [0.29, 0.717) is 21.6 Å². The molecule has 1 aromatic carbocycles. The summed E-state index contributed by atoms with van der Waals surface area (Å²) < 4.78 is 0. The van der Waals surface area contributed by atoms with Crippen molar-refractivity contribution in [2.75, 3.05) is 0 Å². The first-order valence-electron chi connectivity index (χ1n) is 5.89. The van der Waals surface area contributed by atoms with Gasteiger partial charge in [0.2, 0.25) is 0 Å². The fourth-order valence-electron chi connectivity index (χ4n) is 1.96. The molecule has 3 rings (SSSR count). The molecule has 100 valence electrons. The lowest BCUT2D eigenvalue weighted by atomic mass is 10.1. The molecule has 5 nitrogen and oxygen atoms in total. The number of nitrogens with zero attached hydrogens (tertiary/aromatic N) is 1. The first kappa shape index (κ1) is 12.6. The molecule has 0 atom stereocenters. The molecule has 0 amide bonds. The van der Waals surface area contributed by atoms with E-state index in [1.165, 1.54) is 23.5 Å². The second-order valence-corrected chi connectivity index (χ2v) is 5.61. The molecule has 0 saturated heterocycles. The van der Waals surface area contributed by atoms with Crippen LogP contribution in [0.3, 0.4) is 0 Å². The van der Waals surface area contributed by atoms with E-state index in [-0.39, 0.29) is 11.1 Å². The van der Waals surface area contributed by atoms with Crippen molar-refractivity contribution in [3.63, 3.8) is 0 Å². The normalized spacial score (nSPS) is 10.8. The van der Waals surface area contributed by atoms with Gasteiger partial charge in [0.25, 0.3) is 5.56 Å². The van der Waals surface area contributed by atoms with Crippen molar-refractivity contribution in [2.24, 2.45) is 0 Å². The van der Waals surface area contributed by atoms with Gasteiger partial charge in [-0.15, -0.1) is 11.3 Å². The summed E-state index contributed by atoms with van der Waals surface area (Å²) in [6.45, 7) is 1.92. The number of aromatic nitrogens is 2. The second kappa shape index (κ2) is 4.57. The molecule has 3 aromatic rings. The number of aromatic carboxylic acids is 1. The molecule has 2 aromatic heterocycles. The SMILES string of the molecule is Cc1cc2c(=O)[nH]c(-c3ccc(C(=O)O)cc3)nc2s1. The van der Waals surface area contributed by atoms with Gasteiger partial charge < -0.3 is 10.1 Å². The maximum atomic E-state index is 12.0. The highest BCUT2D eigenvalue weighted by Crippen LogP contribution is 2.23. The van der Waals surface area contributed by atoms with E-state index in [2.05, 4.69) is 9.97 Å². The summed E-state index contributed by atoms with van der Waals surface area (Å²) in [6, 6.07) is 8.05. The highest BCUT2D eigenvalue weighted by atomic mass is 32.1. The average molecular weight is 286 g/mol. The molecule has 0 aliphatic carbocycles. The molecule has 0 aliphatic rings.